The summed E-state index contributed by atoms with van der Waals surface area (Å²) in [5.41, 5.74) is 4.29. The summed E-state index contributed by atoms with van der Waals surface area (Å²) in [7, 11) is 0. The summed E-state index contributed by atoms with van der Waals surface area (Å²) in [6, 6.07) is -0.623. The molecule has 14 heavy (non-hydrogen) atoms. The van der Waals surface area contributed by atoms with Crippen molar-refractivity contribution < 1.29 is 4.39 Å². The zero-order valence-corrected chi connectivity index (χ0v) is 9.35. The molecular formula is C9H15ClFN3. The molecule has 0 radical (unpaired) electrons. The minimum Gasteiger partial charge on any atom is -0.325 e. The number of nitrogens with two attached hydrogens (primary N) is 1. The molecule has 0 amide bonds. The second kappa shape index (κ2) is 3.87. The Morgan fingerprint density at radius 2 is 2.36 bits per heavy atom. The van der Waals surface area contributed by atoms with E-state index >= 15 is 0 Å². The maximum absolute atomic E-state index is 14.2. The Morgan fingerprint density at radius 1 is 1.79 bits per heavy atom. The monoisotopic (exact) mass is 219 g/mol. The molecule has 1 rings (SSSR count). The first kappa shape index (κ1) is 11.5. The predicted octanol–water partition coefficient (Wildman–Crippen LogP) is 2.09. The fraction of sp³-hybridized carbons (Fsp3) is 0.667. The Kier molecular flexibility index (Phi) is 3.17. The van der Waals surface area contributed by atoms with Crippen molar-refractivity contribution in [3.63, 3.8) is 0 Å². The van der Waals surface area contributed by atoms with Crippen molar-refractivity contribution in [1.82, 2.24) is 9.78 Å². The lowest BCUT2D eigenvalue weighted by molar-refractivity contribution is 0.144. The molecule has 1 aromatic rings. The maximum Gasteiger partial charge on any atom is 0.165 e. The van der Waals surface area contributed by atoms with Gasteiger partial charge in [-0.15, -0.1) is 0 Å². The van der Waals surface area contributed by atoms with E-state index in [1.807, 2.05) is 6.92 Å². The van der Waals surface area contributed by atoms with Crippen LogP contribution in [0.5, 0.6) is 0 Å². The Labute approximate surface area is 88.0 Å². The molecule has 2 atom stereocenters. The molecule has 0 aliphatic carbocycles. The van der Waals surface area contributed by atoms with Crippen LogP contribution in [-0.4, -0.2) is 15.8 Å². The SMILES string of the molecule is CCn1ncc(Cl)c1C(C)(F)C(C)N. The maximum atomic E-state index is 14.2. The standard InChI is InChI=1S/C9H15ClFN3/c1-4-14-8(7(10)5-13-14)9(3,11)6(2)12/h5-6H,4,12H2,1-3H3. The van der Waals surface area contributed by atoms with Crippen LogP contribution in [0.25, 0.3) is 0 Å². The highest BCUT2D eigenvalue weighted by Crippen LogP contribution is 2.33. The number of alkyl halides is 1. The number of aryl methyl sites for hydroxylation is 1. The van der Waals surface area contributed by atoms with Crippen LogP contribution in [0.1, 0.15) is 26.5 Å². The number of rotatable bonds is 3. The second-order valence-corrected chi connectivity index (χ2v) is 3.93. The molecule has 1 aromatic heterocycles. The third-order valence-corrected chi connectivity index (χ3v) is 2.69. The van der Waals surface area contributed by atoms with Crippen molar-refractivity contribution in [2.24, 2.45) is 5.73 Å². The van der Waals surface area contributed by atoms with Gasteiger partial charge in [0.15, 0.2) is 5.67 Å². The van der Waals surface area contributed by atoms with E-state index in [9.17, 15) is 4.39 Å². The Hall–Kier alpha value is -0.610. The van der Waals surface area contributed by atoms with Crippen LogP contribution in [0, 0.1) is 0 Å². The van der Waals surface area contributed by atoms with Crippen molar-refractivity contribution in [2.45, 2.75) is 39.0 Å². The highest BCUT2D eigenvalue weighted by molar-refractivity contribution is 6.31. The molecule has 5 heteroatoms. The van der Waals surface area contributed by atoms with E-state index in [1.165, 1.54) is 17.8 Å². The van der Waals surface area contributed by atoms with Crippen molar-refractivity contribution in [2.75, 3.05) is 0 Å². The predicted molar refractivity (Wildman–Crippen MR) is 55.0 cm³/mol. The summed E-state index contributed by atoms with van der Waals surface area (Å²) in [6.07, 6.45) is 1.45. The molecule has 80 valence electrons. The van der Waals surface area contributed by atoms with Crippen LogP contribution in [0.4, 0.5) is 4.39 Å². The highest BCUT2D eigenvalue weighted by atomic mass is 35.5. The van der Waals surface area contributed by atoms with E-state index in [-0.39, 0.29) is 0 Å². The van der Waals surface area contributed by atoms with Gasteiger partial charge >= 0.3 is 0 Å². The van der Waals surface area contributed by atoms with Crippen molar-refractivity contribution >= 4 is 11.6 Å². The largest absolute Gasteiger partial charge is 0.325 e. The lowest BCUT2D eigenvalue weighted by Crippen LogP contribution is -2.39. The topological polar surface area (TPSA) is 43.8 Å². The van der Waals surface area contributed by atoms with Crippen LogP contribution in [-0.2, 0) is 12.2 Å². The van der Waals surface area contributed by atoms with Crippen molar-refractivity contribution in [1.29, 1.82) is 0 Å². The number of hydrogen-bond donors (Lipinski definition) is 1. The van der Waals surface area contributed by atoms with Gasteiger partial charge in [0.25, 0.3) is 0 Å². The zero-order chi connectivity index (χ0) is 10.9. The van der Waals surface area contributed by atoms with Crippen molar-refractivity contribution in [3.05, 3.63) is 16.9 Å². The van der Waals surface area contributed by atoms with Crippen LogP contribution in [0.2, 0.25) is 5.02 Å². The highest BCUT2D eigenvalue weighted by Gasteiger charge is 2.36. The van der Waals surface area contributed by atoms with Crippen LogP contribution in [0.3, 0.4) is 0 Å². The number of hydrogen-bond acceptors (Lipinski definition) is 2. The van der Waals surface area contributed by atoms with E-state index < -0.39 is 11.7 Å². The average Bonchev–Trinajstić information content (AvgIpc) is 2.46. The van der Waals surface area contributed by atoms with Crippen molar-refractivity contribution in [3.8, 4) is 0 Å². The van der Waals surface area contributed by atoms with Crippen LogP contribution >= 0.6 is 11.6 Å². The molecule has 0 bridgehead atoms. The van der Waals surface area contributed by atoms with Gasteiger partial charge in [-0.05, 0) is 20.8 Å². The molecule has 1 heterocycles. The molecule has 0 fully saturated rings. The fourth-order valence-corrected chi connectivity index (χ4v) is 1.63. The van der Waals surface area contributed by atoms with E-state index in [2.05, 4.69) is 5.10 Å². The molecule has 2 unspecified atom stereocenters. The Bertz CT molecular complexity index is 320. The number of halogens is 2. The van der Waals surface area contributed by atoms with Crippen LogP contribution < -0.4 is 5.73 Å². The van der Waals surface area contributed by atoms with Gasteiger partial charge in [-0.2, -0.15) is 5.10 Å². The van der Waals surface area contributed by atoms with E-state index in [4.69, 9.17) is 17.3 Å². The molecule has 0 aliphatic heterocycles. The molecule has 0 spiro atoms. The lowest BCUT2D eigenvalue weighted by atomic mass is 9.96. The van der Waals surface area contributed by atoms with Gasteiger partial charge in [-0.25, -0.2) is 4.39 Å². The third kappa shape index (κ3) is 1.77. The normalized spacial score (nSPS) is 17.9. The third-order valence-electron chi connectivity index (χ3n) is 2.41. The summed E-state index contributed by atoms with van der Waals surface area (Å²) < 4.78 is 15.8. The van der Waals surface area contributed by atoms with Gasteiger partial charge in [0.05, 0.1) is 16.9 Å². The fourth-order valence-electron chi connectivity index (χ4n) is 1.30. The minimum atomic E-state index is -1.65. The Morgan fingerprint density at radius 3 is 2.79 bits per heavy atom. The van der Waals surface area contributed by atoms with Gasteiger partial charge in [-0.1, -0.05) is 11.6 Å². The van der Waals surface area contributed by atoms with Gasteiger partial charge in [-0.3, -0.25) is 4.68 Å². The molecular weight excluding hydrogens is 205 g/mol. The number of nitrogens with zero attached hydrogens (tertiary/aromatic N) is 2. The first-order valence-electron chi connectivity index (χ1n) is 4.57. The summed E-state index contributed by atoms with van der Waals surface area (Å²) in [5.74, 6) is 0. The molecule has 0 saturated heterocycles. The van der Waals surface area contributed by atoms with Crippen LogP contribution in [0.15, 0.2) is 6.20 Å². The minimum absolute atomic E-state index is 0.328. The van der Waals surface area contributed by atoms with Gasteiger partial charge in [0, 0.05) is 12.6 Å². The first-order valence-corrected chi connectivity index (χ1v) is 4.95. The van der Waals surface area contributed by atoms with E-state index in [0.29, 0.717) is 17.3 Å². The molecule has 0 saturated carbocycles. The molecule has 0 aromatic carbocycles. The summed E-state index contributed by atoms with van der Waals surface area (Å²) in [6.45, 7) is 5.49. The summed E-state index contributed by atoms with van der Waals surface area (Å²) in [5, 5.41) is 4.30. The lowest BCUT2D eigenvalue weighted by Gasteiger charge is -2.25. The molecule has 2 N–H and O–H groups in total. The van der Waals surface area contributed by atoms with E-state index in [0.717, 1.165) is 0 Å². The molecule has 3 nitrogen and oxygen atoms in total. The Balaban J connectivity index is 3.22. The van der Waals surface area contributed by atoms with Gasteiger partial charge in [0.2, 0.25) is 0 Å². The summed E-state index contributed by atoms with van der Waals surface area (Å²) >= 11 is 5.87. The zero-order valence-electron chi connectivity index (χ0n) is 8.59. The summed E-state index contributed by atoms with van der Waals surface area (Å²) in [4.78, 5) is 0. The van der Waals surface area contributed by atoms with Gasteiger partial charge in [0.1, 0.15) is 0 Å². The van der Waals surface area contributed by atoms with Gasteiger partial charge < -0.3 is 5.73 Å². The number of aromatic nitrogens is 2. The van der Waals surface area contributed by atoms with E-state index in [1.54, 1.807) is 6.92 Å². The first-order chi connectivity index (χ1) is 6.41. The molecule has 0 aliphatic rings. The average molecular weight is 220 g/mol. The second-order valence-electron chi connectivity index (χ2n) is 3.52. The smallest absolute Gasteiger partial charge is 0.165 e. The quantitative estimate of drug-likeness (QED) is 0.846.